The first-order chi connectivity index (χ1) is 16.1. The summed E-state index contributed by atoms with van der Waals surface area (Å²) in [5.74, 6) is -0.998. The number of aromatic nitrogens is 3. The second-order valence-corrected chi connectivity index (χ2v) is 9.47. The molecule has 0 radical (unpaired) electrons. The minimum absolute atomic E-state index is 0.0274. The highest BCUT2D eigenvalue weighted by Crippen LogP contribution is 2.38. The molecule has 1 fully saturated rings. The number of halogens is 5. The minimum atomic E-state index is -4.69. The molecule has 4 rings (SSSR count). The standard InChI is InChI=1S/C22H22ClF4N5OS/c1-2-15-4-3-5-32(15)11-17-19(12-6-13(22(25,26)27)8-14(24)7-12)30-21(34-17)31-20(33)16-9-29-18(23)10-28-16/h6-10,15,20,33H,2-5,11H2,1H3,(H,30,31)/t15-,20?/m1/s1. The maximum atomic E-state index is 14.2. The third-order valence-corrected chi connectivity index (χ3v) is 6.86. The molecule has 6 nitrogen and oxygen atoms in total. The summed E-state index contributed by atoms with van der Waals surface area (Å²) in [5, 5.41) is 13.7. The third-order valence-electron chi connectivity index (χ3n) is 5.69. The fourth-order valence-corrected chi connectivity index (χ4v) is 5.17. The molecule has 3 heterocycles. The first-order valence-electron chi connectivity index (χ1n) is 10.7. The van der Waals surface area contributed by atoms with E-state index in [1.54, 1.807) is 0 Å². The molecule has 0 amide bonds. The van der Waals surface area contributed by atoms with Crippen molar-refractivity contribution < 1.29 is 22.7 Å². The number of rotatable bonds is 7. The summed E-state index contributed by atoms with van der Waals surface area (Å²) in [5.41, 5.74) is -0.619. The molecule has 0 aliphatic carbocycles. The Kier molecular flexibility index (Phi) is 7.36. The van der Waals surface area contributed by atoms with Gasteiger partial charge in [0, 0.05) is 23.0 Å². The predicted octanol–water partition coefficient (Wildman–Crippen LogP) is 5.89. The molecule has 0 spiro atoms. The molecule has 0 saturated carbocycles. The van der Waals surface area contributed by atoms with E-state index in [1.807, 2.05) is 0 Å². The molecular formula is C22H22ClF4N5OS. The Morgan fingerprint density at radius 2 is 2.06 bits per heavy atom. The Morgan fingerprint density at radius 3 is 2.74 bits per heavy atom. The van der Waals surface area contributed by atoms with Crippen molar-refractivity contribution in [1.82, 2.24) is 19.9 Å². The summed E-state index contributed by atoms with van der Waals surface area (Å²) >= 11 is 6.93. The van der Waals surface area contributed by atoms with Crippen molar-refractivity contribution in [3.05, 3.63) is 57.7 Å². The summed E-state index contributed by atoms with van der Waals surface area (Å²) < 4.78 is 54.1. The number of hydrogen-bond acceptors (Lipinski definition) is 7. The Labute approximate surface area is 202 Å². The van der Waals surface area contributed by atoms with Crippen LogP contribution in [0.2, 0.25) is 5.15 Å². The quantitative estimate of drug-likeness (QED) is 0.302. The summed E-state index contributed by atoms with van der Waals surface area (Å²) in [6.07, 6.45) is -0.362. The third kappa shape index (κ3) is 5.65. The molecule has 3 aromatic rings. The second kappa shape index (κ2) is 10.1. The van der Waals surface area contributed by atoms with Gasteiger partial charge in [-0.3, -0.25) is 9.88 Å². The number of anilines is 1. The fraction of sp³-hybridized carbons (Fsp3) is 0.409. The summed E-state index contributed by atoms with van der Waals surface area (Å²) in [4.78, 5) is 15.2. The van der Waals surface area contributed by atoms with Crippen LogP contribution in [0.5, 0.6) is 0 Å². The first kappa shape index (κ1) is 24.8. The minimum Gasteiger partial charge on any atom is -0.368 e. The highest BCUT2D eigenvalue weighted by atomic mass is 35.5. The highest BCUT2D eigenvalue weighted by molar-refractivity contribution is 7.16. The smallest absolute Gasteiger partial charge is 0.368 e. The van der Waals surface area contributed by atoms with Crippen LogP contribution in [0.1, 0.15) is 48.5 Å². The average molecular weight is 516 g/mol. The van der Waals surface area contributed by atoms with Gasteiger partial charge in [0.2, 0.25) is 0 Å². The van der Waals surface area contributed by atoms with Crippen molar-refractivity contribution in [2.75, 3.05) is 11.9 Å². The summed E-state index contributed by atoms with van der Waals surface area (Å²) in [7, 11) is 0. The van der Waals surface area contributed by atoms with Gasteiger partial charge in [0.1, 0.15) is 16.7 Å². The molecule has 1 aliphatic rings. The number of hydrogen-bond donors (Lipinski definition) is 2. The Hall–Kier alpha value is -2.34. The fourth-order valence-electron chi connectivity index (χ4n) is 4.04. The Morgan fingerprint density at radius 1 is 1.26 bits per heavy atom. The molecule has 182 valence electrons. The van der Waals surface area contributed by atoms with Crippen LogP contribution in [0.3, 0.4) is 0 Å². The van der Waals surface area contributed by atoms with Crippen LogP contribution in [0, 0.1) is 5.82 Å². The zero-order chi connectivity index (χ0) is 24.5. The van der Waals surface area contributed by atoms with E-state index in [-0.39, 0.29) is 27.2 Å². The van der Waals surface area contributed by atoms with Crippen molar-refractivity contribution in [1.29, 1.82) is 0 Å². The van der Waals surface area contributed by atoms with E-state index in [9.17, 15) is 22.7 Å². The Bertz CT molecular complexity index is 1140. The normalized spacial score (nSPS) is 17.8. The van der Waals surface area contributed by atoms with Crippen molar-refractivity contribution in [3.63, 3.8) is 0 Å². The molecule has 2 aromatic heterocycles. The predicted molar refractivity (Wildman–Crippen MR) is 122 cm³/mol. The molecule has 12 heteroatoms. The lowest BCUT2D eigenvalue weighted by Gasteiger charge is -2.22. The number of likely N-dealkylation sites (tertiary alicyclic amines) is 1. The summed E-state index contributed by atoms with van der Waals surface area (Å²) in [6.45, 7) is 3.41. The zero-order valence-electron chi connectivity index (χ0n) is 18.1. The van der Waals surface area contributed by atoms with E-state index >= 15 is 0 Å². The monoisotopic (exact) mass is 515 g/mol. The number of benzene rings is 1. The molecule has 0 bridgehead atoms. The van der Waals surface area contributed by atoms with Crippen molar-refractivity contribution >= 4 is 28.1 Å². The van der Waals surface area contributed by atoms with Crippen LogP contribution in [-0.2, 0) is 12.7 Å². The molecule has 1 unspecified atom stereocenters. The van der Waals surface area contributed by atoms with Crippen molar-refractivity contribution in [3.8, 4) is 11.3 Å². The van der Waals surface area contributed by atoms with Gasteiger partial charge in [0.25, 0.3) is 0 Å². The van der Waals surface area contributed by atoms with E-state index in [4.69, 9.17) is 11.6 Å². The first-order valence-corrected chi connectivity index (χ1v) is 11.9. The van der Waals surface area contributed by atoms with Gasteiger partial charge in [-0.1, -0.05) is 18.5 Å². The average Bonchev–Trinajstić information content (AvgIpc) is 3.40. The topological polar surface area (TPSA) is 74.2 Å². The number of aliphatic hydroxyl groups is 1. The zero-order valence-corrected chi connectivity index (χ0v) is 19.7. The summed E-state index contributed by atoms with van der Waals surface area (Å²) in [6, 6.07) is 2.76. The van der Waals surface area contributed by atoms with Crippen LogP contribution in [0.15, 0.2) is 30.6 Å². The van der Waals surface area contributed by atoms with E-state index in [1.165, 1.54) is 23.7 Å². The number of aliphatic hydroxyl groups excluding tert-OH is 1. The number of alkyl halides is 3. The molecule has 1 aliphatic heterocycles. The molecular weight excluding hydrogens is 494 g/mol. The van der Waals surface area contributed by atoms with Gasteiger partial charge in [0.15, 0.2) is 11.4 Å². The van der Waals surface area contributed by atoms with E-state index in [0.717, 1.165) is 37.9 Å². The number of thiazole rings is 1. The van der Waals surface area contributed by atoms with Gasteiger partial charge in [-0.05, 0) is 44.0 Å². The van der Waals surface area contributed by atoms with Crippen LogP contribution >= 0.6 is 22.9 Å². The molecule has 1 saturated heterocycles. The van der Waals surface area contributed by atoms with E-state index in [2.05, 4.69) is 32.1 Å². The lowest BCUT2D eigenvalue weighted by molar-refractivity contribution is -0.137. The van der Waals surface area contributed by atoms with E-state index in [0.29, 0.717) is 23.5 Å². The van der Waals surface area contributed by atoms with Crippen molar-refractivity contribution in [2.45, 2.75) is 51.2 Å². The highest BCUT2D eigenvalue weighted by Gasteiger charge is 2.32. The Balaban J connectivity index is 1.70. The van der Waals surface area contributed by atoms with Gasteiger partial charge < -0.3 is 10.4 Å². The molecule has 2 N–H and O–H groups in total. The number of nitrogens with zero attached hydrogens (tertiary/aromatic N) is 4. The van der Waals surface area contributed by atoms with Crippen LogP contribution < -0.4 is 5.32 Å². The molecule has 2 atom stereocenters. The molecule has 1 aromatic carbocycles. The van der Waals surface area contributed by atoms with E-state index < -0.39 is 23.8 Å². The molecule has 34 heavy (non-hydrogen) atoms. The van der Waals surface area contributed by atoms with Gasteiger partial charge in [-0.2, -0.15) is 13.2 Å². The van der Waals surface area contributed by atoms with Crippen molar-refractivity contribution in [2.24, 2.45) is 0 Å². The largest absolute Gasteiger partial charge is 0.416 e. The maximum Gasteiger partial charge on any atom is 0.416 e. The van der Waals surface area contributed by atoms with Gasteiger partial charge >= 0.3 is 6.18 Å². The maximum absolute atomic E-state index is 14.2. The van der Waals surface area contributed by atoms with Gasteiger partial charge in [0.05, 0.1) is 23.7 Å². The lowest BCUT2D eigenvalue weighted by Crippen LogP contribution is -2.28. The second-order valence-electron chi connectivity index (χ2n) is 8.00. The van der Waals surface area contributed by atoms with Gasteiger partial charge in [-0.15, -0.1) is 11.3 Å². The van der Waals surface area contributed by atoms with Gasteiger partial charge in [-0.25, -0.2) is 14.4 Å². The van der Waals surface area contributed by atoms with Crippen LogP contribution in [0.4, 0.5) is 22.7 Å². The van der Waals surface area contributed by atoms with Crippen LogP contribution in [0.25, 0.3) is 11.3 Å². The SMILES string of the molecule is CC[C@@H]1CCCN1Cc1sc(NC(O)c2cnc(Cl)cn2)nc1-c1cc(F)cc(C(F)(F)F)c1. The lowest BCUT2D eigenvalue weighted by atomic mass is 10.1. The number of nitrogens with one attached hydrogen (secondary N) is 1. The van der Waals surface area contributed by atoms with Crippen LogP contribution in [-0.4, -0.2) is 37.5 Å².